The maximum Gasteiger partial charge on any atom is 0.0312 e. The quantitative estimate of drug-likeness (QED) is 0.791. The Bertz CT molecular complexity index is 521. The zero-order chi connectivity index (χ0) is 14.3. The van der Waals surface area contributed by atoms with Crippen LogP contribution in [0.15, 0.2) is 54.9 Å². The molecule has 0 bridgehead atoms. The fraction of sp³-hybridized carbons (Fsp3) is 0.389. The summed E-state index contributed by atoms with van der Waals surface area (Å²) >= 11 is 0. The maximum atomic E-state index is 4.12. The molecule has 1 aliphatic heterocycles. The molecule has 1 saturated heterocycles. The molecule has 0 spiro atoms. The van der Waals surface area contributed by atoms with E-state index in [-0.39, 0.29) is 0 Å². The highest BCUT2D eigenvalue weighted by molar-refractivity contribution is 5.22. The van der Waals surface area contributed by atoms with E-state index in [0.29, 0.717) is 0 Å². The van der Waals surface area contributed by atoms with Gasteiger partial charge in [0.15, 0.2) is 0 Å². The zero-order valence-electron chi connectivity index (χ0n) is 12.4. The van der Waals surface area contributed by atoms with Crippen molar-refractivity contribution in [2.24, 2.45) is 0 Å². The summed E-state index contributed by atoms with van der Waals surface area (Å²) in [5.41, 5.74) is 2.74. The van der Waals surface area contributed by atoms with Crippen LogP contribution in [0.3, 0.4) is 0 Å². The normalized spacial score (nSPS) is 15.8. The molecular weight excluding hydrogens is 258 g/mol. The van der Waals surface area contributed by atoms with Crippen molar-refractivity contribution >= 4 is 0 Å². The van der Waals surface area contributed by atoms with Crippen molar-refractivity contribution in [3.05, 3.63) is 66.0 Å². The molecule has 3 heteroatoms. The second-order valence-corrected chi connectivity index (χ2v) is 5.76. The van der Waals surface area contributed by atoms with E-state index in [1.165, 1.54) is 37.2 Å². The van der Waals surface area contributed by atoms with Crippen molar-refractivity contribution in [1.29, 1.82) is 0 Å². The Morgan fingerprint density at radius 2 is 1.95 bits per heavy atom. The second-order valence-electron chi connectivity index (χ2n) is 5.76. The van der Waals surface area contributed by atoms with E-state index in [1.54, 1.807) is 0 Å². The first kappa shape index (κ1) is 14.2. The van der Waals surface area contributed by atoms with Gasteiger partial charge in [0.1, 0.15) is 0 Å². The fourth-order valence-electron chi connectivity index (χ4n) is 2.85. The molecule has 2 aromatic rings. The van der Waals surface area contributed by atoms with Gasteiger partial charge in [0.05, 0.1) is 0 Å². The highest BCUT2D eigenvalue weighted by Crippen LogP contribution is 2.26. The van der Waals surface area contributed by atoms with Crippen molar-refractivity contribution < 1.29 is 0 Å². The fourth-order valence-corrected chi connectivity index (χ4v) is 2.85. The first-order valence-corrected chi connectivity index (χ1v) is 7.79. The summed E-state index contributed by atoms with van der Waals surface area (Å²) in [6.07, 6.45) is 4.95. The third-order valence-electron chi connectivity index (χ3n) is 4.11. The van der Waals surface area contributed by atoms with Gasteiger partial charge < -0.3 is 10.2 Å². The summed E-state index contributed by atoms with van der Waals surface area (Å²) < 4.78 is 0. The molecule has 1 aromatic heterocycles. The van der Waals surface area contributed by atoms with Gasteiger partial charge in [-0.1, -0.05) is 36.4 Å². The summed E-state index contributed by atoms with van der Waals surface area (Å²) in [7, 11) is 0. The molecule has 1 aromatic carbocycles. The van der Waals surface area contributed by atoms with Crippen molar-refractivity contribution in [3.8, 4) is 0 Å². The number of pyridine rings is 1. The number of hydrogen-bond acceptors (Lipinski definition) is 3. The van der Waals surface area contributed by atoms with E-state index in [2.05, 4.69) is 51.6 Å². The lowest BCUT2D eigenvalue weighted by molar-refractivity contribution is 0.146. The lowest BCUT2D eigenvalue weighted by Gasteiger charge is -2.39. The van der Waals surface area contributed by atoms with E-state index in [9.17, 15) is 0 Å². The molecule has 2 heterocycles. The minimum atomic E-state index is 0.745. The Balaban J connectivity index is 1.27. The molecule has 3 nitrogen and oxygen atoms in total. The number of hydrogen-bond donors (Lipinski definition) is 1. The summed E-state index contributed by atoms with van der Waals surface area (Å²) in [6.45, 7) is 5.62. The zero-order valence-corrected chi connectivity index (χ0v) is 12.4. The molecule has 21 heavy (non-hydrogen) atoms. The lowest BCUT2D eigenvalue weighted by Crippen LogP contribution is -2.45. The third kappa shape index (κ3) is 4.13. The largest absolute Gasteiger partial charge is 0.313 e. The van der Waals surface area contributed by atoms with Crippen LogP contribution in [0, 0.1) is 0 Å². The molecular formula is C18H23N3. The predicted octanol–water partition coefficient (Wildman–Crippen LogP) is 2.66. The van der Waals surface area contributed by atoms with E-state index in [1.807, 2.05) is 18.5 Å². The van der Waals surface area contributed by atoms with Crippen molar-refractivity contribution in [2.45, 2.75) is 18.9 Å². The van der Waals surface area contributed by atoms with Gasteiger partial charge in [-0.3, -0.25) is 4.98 Å². The van der Waals surface area contributed by atoms with Crippen LogP contribution in [0.25, 0.3) is 0 Å². The van der Waals surface area contributed by atoms with Crippen LogP contribution in [0.5, 0.6) is 0 Å². The van der Waals surface area contributed by atoms with Gasteiger partial charge >= 0.3 is 0 Å². The average Bonchev–Trinajstić information content (AvgIpc) is 2.51. The molecule has 0 saturated carbocycles. The maximum absolute atomic E-state index is 4.12. The molecule has 1 fully saturated rings. The first-order chi connectivity index (χ1) is 10.4. The highest BCUT2D eigenvalue weighted by atomic mass is 15.2. The van der Waals surface area contributed by atoms with Gasteiger partial charge in [0.2, 0.25) is 0 Å². The van der Waals surface area contributed by atoms with Gasteiger partial charge in [0, 0.05) is 37.9 Å². The number of rotatable bonds is 7. The number of nitrogens with zero attached hydrogens (tertiary/aromatic N) is 2. The van der Waals surface area contributed by atoms with Crippen LogP contribution < -0.4 is 5.32 Å². The third-order valence-corrected chi connectivity index (χ3v) is 4.11. The Morgan fingerprint density at radius 1 is 1.10 bits per heavy atom. The van der Waals surface area contributed by atoms with Crippen LogP contribution in [0.1, 0.15) is 23.5 Å². The van der Waals surface area contributed by atoms with Crippen LogP contribution in [0.4, 0.5) is 0 Å². The van der Waals surface area contributed by atoms with E-state index in [0.717, 1.165) is 19.0 Å². The number of likely N-dealkylation sites (tertiary alicyclic amines) is 1. The average molecular weight is 281 g/mol. The Morgan fingerprint density at radius 3 is 2.71 bits per heavy atom. The van der Waals surface area contributed by atoms with Crippen molar-refractivity contribution in [2.75, 3.05) is 26.2 Å². The molecule has 0 amide bonds. The van der Waals surface area contributed by atoms with Crippen molar-refractivity contribution in [1.82, 2.24) is 15.2 Å². The Hall–Kier alpha value is -1.71. The molecule has 0 radical (unpaired) electrons. The lowest BCUT2D eigenvalue weighted by atomic mass is 9.91. The number of aromatic nitrogens is 1. The minimum absolute atomic E-state index is 0.745. The van der Waals surface area contributed by atoms with Crippen LogP contribution >= 0.6 is 0 Å². The summed E-state index contributed by atoms with van der Waals surface area (Å²) in [5.74, 6) is 0.745. The monoisotopic (exact) mass is 281 g/mol. The topological polar surface area (TPSA) is 28.2 Å². The van der Waals surface area contributed by atoms with E-state index in [4.69, 9.17) is 0 Å². The molecule has 0 aliphatic carbocycles. The summed E-state index contributed by atoms with van der Waals surface area (Å²) in [5, 5.41) is 3.48. The van der Waals surface area contributed by atoms with E-state index < -0.39 is 0 Å². The smallest absolute Gasteiger partial charge is 0.0312 e. The Labute approximate surface area is 127 Å². The predicted molar refractivity (Wildman–Crippen MR) is 86.2 cm³/mol. The van der Waals surface area contributed by atoms with Gasteiger partial charge in [-0.05, 0) is 36.7 Å². The summed E-state index contributed by atoms with van der Waals surface area (Å²) in [6, 6.07) is 15.0. The summed E-state index contributed by atoms with van der Waals surface area (Å²) in [4.78, 5) is 6.67. The first-order valence-electron chi connectivity index (χ1n) is 7.79. The highest BCUT2D eigenvalue weighted by Gasteiger charge is 2.26. The number of benzene rings is 1. The minimum Gasteiger partial charge on any atom is -0.313 e. The Kier molecular flexibility index (Phi) is 4.98. The van der Waals surface area contributed by atoms with E-state index >= 15 is 0 Å². The molecule has 1 aliphatic rings. The van der Waals surface area contributed by atoms with Crippen LogP contribution in [0.2, 0.25) is 0 Å². The standard InChI is InChI=1S/C18H23N3/c1-2-7-17(8-3-1)18-14-21(15-18)11-5-10-20-13-16-6-4-9-19-12-16/h1-4,6-9,12,18,20H,5,10-11,13-15H2. The van der Waals surface area contributed by atoms with Gasteiger partial charge in [-0.2, -0.15) is 0 Å². The van der Waals surface area contributed by atoms with Crippen LogP contribution in [-0.2, 0) is 6.54 Å². The molecule has 0 unspecified atom stereocenters. The van der Waals surface area contributed by atoms with Crippen LogP contribution in [-0.4, -0.2) is 36.1 Å². The van der Waals surface area contributed by atoms with Gasteiger partial charge in [-0.25, -0.2) is 0 Å². The number of nitrogens with one attached hydrogen (secondary N) is 1. The van der Waals surface area contributed by atoms with Crippen molar-refractivity contribution in [3.63, 3.8) is 0 Å². The second kappa shape index (κ2) is 7.34. The SMILES string of the molecule is c1ccc(C2CN(CCCNCc3cccnc3)C2)cc1. The molecule has 3 rings (SSSR count). The molecule has 0 atom stereocenters. The van der Waals surface area contributed by atoms with Gasteiger partial charge in [0.25, 0.3) is 0 Å². The molecule has 110 valence electrons. The molecule has 1 N–H and O–H groups in total. The van der Waals surface area contributed by atoms with Gasteiger partial charge in [-0.15, -0.1) is 0 Å².